The number of amides is 2. The Bertz CT molecular complexity index is 1070. The molecule has 10 nitrogen and oxygen atoms in total. The third-order valence-corrected chi connectivity index (χ3v) is 5.15. The number of carbonyl (C=O) groups is 3. The second-order valence-electron chi connectivity index (χ2n) is 7.83. The van der Waals surface area contributed by atoms with E-state index in [0.717, 1.165) is 17.0 Å². The molecule has 1 atom stereocenters. The number of benzene rings is 2. The summed E-state index contributed by atoms with van der Waals surface area (Å²) < 4.78 is 5.11. The van der Waals surface area contributed by atoms with Crippen molar-refractivity contribution >= 4 is 18.0 Å². The largest absolute Gasteiger partial charge is 0.480 e. The number of nitrogens with zero attached hydrogens (tertiary/aromatic N) is 1. The van der Waals surface area contributed by atoms with Gasteiger partial charge in [-0.1, -0.05) is 42.5 Å². The number of carbonyl (C=O) groups excluding carboxylic acids is 2. The van der Waals surface area contributed by atoms with Crippen LogP contribution in [0.25, 0.3) is 0 Å². The average molecular weight is 480 g/mol. The number of rotatable bonds is 13. The summed E-state index contributed by atoms with van der Waals surface area (Å²) in [6, 6.07) is 15.1. The van der Waals surface area contributed by atoms with Crippen LogP contribution in [0.3, 0.4) is 0 Å². The zero-order chi connectivity index (χ0) is 24.9. The molecule has 0 bridgehead atoms. The van der Waals surface area contributed by atoms with Crippen molar-refractivity contribution in [2.75, 3.05) is 6.54 Å². The lowest BCUT2D eigenvalue weighted by Crippen LogP contribution is -2.41. The van der Waals surface area contributed by atoms with Crippen molar-refractivity contribution < 1.29 is 24.2 Å². The summed E-state index contributed by atoms with van der Waals surface area (Å²) >= 11 is 0. The van der Waals surface area contributed by atoms with Gasteiger partial charge in [-0.15, -0.1) is 0 Å². The van der Waals surface area contributed by atoms with Crippen molar-refractivity contribution in [3.63, 3.8) is 0 Å². The number of nitrogens with one attached hydrogen (secondary N) is 4. The molecule has 0 saturated heterocycles. The van der Waals surface area contributed by atoms with Gasteiger partial charge in [0.2, 0.25) is 0 Å². The molecule has 0 unspecified atom stereocenters. The molecule has 1 heterocycles. The highest BCUT2D eigenvalue weighted by molar-refractivity contribution is 5.96. The molecule has 0 aliphatic heterocycles. The van der Waals surface area contributed by atoms with Crippen LogP contribution in [-0.2, 0) is 29.2 Å². The van der Waals surface area contributed by atoms with Crippen LogP contribution >= 0.6 is 0 Å². The van der Waals surface area contributed by atoms with Crippen molar-refractivity contribution in [1.29, 1.82) is 0 Å². The van der Waals surface area contributed by atoms with Crippen LogP contribution in [0.2, 0.25) is 0 Å². The zero-order valence-electron chi connectivity index (χ0n) is 19.2. The Hall–Kier alpha value is -4.18. The molecule has 10 heteroatoms. The van der Waals surface area contributed by atoms with E-state index in [-0.39, 0.29) is 19.6 Å². The molecule has 1 aromatic heterocycles. The third-order valence-electron chi connectivity index (χ3n) is 5.15. The van der Waals surface area contributed by atoms with Gasteiger partial charge in [0, 0.05) is 31.0 Å². The van der Waals surface area contributed by atoms with Crippen molar-refractivity contribution in [3.8, 4) is 0 Å². The summed E-state index contributed by atoms with van der Waals surface area (Å²) in [6.45, 7) is 1.57. The standard InChI is InChI=1S/C25H29N5O5/c31-23(20-10-8-18(9-11-20)15-26-16-22-27-13-14-28-22)30-21(24(32)33)7-4-12-29-25(34)35-17-19-5-2-1-3-6-19/h1-3,5-6,8-11,13-14,21,26H,4,7,12,15-17H2,(H,27,28)(H,29,34)(H,30,31)(H,32,33)/t21-/m0/s1. The highest BCUT2D eigenvalue weighted by Gasteiger charge is 2.20. The van der Waals surface area contributed by atoms with Crippen molar-refractivity contribution in [2.24, 2.45) is 0 Å². The predicted molar refractivity (Wildman–Crippen MR) is 128 cm³/mol. The lowest BCUT2D eigenvalue weighted by atomic mass is 10.1. The minimum atomic E-state index is -1.14. The maximum atomic E-state index is 12.5. The number of H-pyrrole nitrogens is 1. The minimum absolute atomic E-state index is 0.152. The Morgan fingerprint density at radius 2 is 1.77 bits per heavy atom. The van der Waals surface area contributed by atoms with Crippen molar-refractivity contribution in [1.82, 2.24) is 25.9 Å². The van der Waals surface area contributed by atoms with E-state index in [1.165, 1.54) is 0 Å². The topological polar surface area (TPSA) is 145 Å². The van der Waals surface area contributed by atoms with Gasteiger partial charge in [0.1, 0.15) is 18.5 Å². The monoisotopic (exact) mass is 479 g/mol. The number of aromatic amines is 1. The van der Waals surface area contributed by atoms with Gasteiger partial charge in [-0.2, -0.15) is 0 Å². The Morgan fingerprint density at radius 3 is 2.46 bits per heavy atom. The number of alkyl carbamates (subject to hydrolysis) is 1. The summed E-state index contributed by atoms with van der Waals surface area (Å²) in [7, 11) is 0. The van der Waals surface area contributed by atoms with Crippen molar-refractivity contribution in [3.05, 3.63) is 89.5 Å². The second kappa shape index (κ2) is 13.5. The molecule has 2 amide bonds. The number of aliphatic carboxylic acids is 1. The highest BCUT2D eigenvalue weighted by atomic mass is 16.5. The van der Waals surface area contributed by atoms with E-state index in [4.69, 9.17) is 4.74 Å². The first-order valence-electron chi connectivity index (χ1n) is 11.3. The number of hydrogen-bond acceptors (Lipinski definition) is 6. The van der Waals surface area contributed by atoms with Gasteiger partial charge in [0.15, 0.2) is 0 Å². The van der Waals surface area contributed by atoms with Gasteiger partial charge in [-0.25, -0.2) is 14.6 Å². The lowest BCUT2D eigenvalue weighted by Gasteiger charge is -2.15. The lowest BCUT2D eigenvalue weighted by molar-refractivity contribution is -0.139. The van der Waals surface area contributed by atoms with E-state index in [9.17, 15) is 19.5 Å². The number of carboxylic acids is 1. The predicted octanol–water partition coefficient (Wildman–Crippen LogP) is 2.59. The van der Waals surface area contributed by atoms with Gasteiger partial charge in [-0.3, -0.25) is 4.79 Å². The van der Waals surface area contributed by atoms with Crippen LogP contribution < -0.4 is 16.0 Å². The Kier molecular flexibility index (Phi) is 9.82. The van der Waals surface area contributed by atoms with Gasteiger partial charge in [0.05, 0.1) is 6.54 Å². The normalized spacial score (nSPS) is 11.4. The Labute approximate surface area is 203 Å². The van der Waals surface area contributed by atoms with Crippen molar-refractivity contribution in [2.45, 2.75) is 38.6 Å². The summed E-state index contributed by atoms with van der Waals surface area (Å²) in [4.78, 5) is 43.0. The maximum absolute atomic E-state index is 12.5. The van der Waals surface area contributed by atoms with Gasteiger partial charge >= 0.3 is 12.1 Å². The summed E-state index contributed by atoms with van der Waals surface area (Å²) in [6.07, 6.45) is 3.38. The molecule has 0 saturated carbocycles. The molecule has 35 heavy (non-hydrogen) atoms. The minimum Gasteiger partial charge on any atom is -0.480 e. The molecule has 0 radical (unpaired) electrons. The fourth-order valence-electron chi connectivity index (χ4n) is 3.26. The second-order valence-corrected chi connectivity index (χ2v) is 7.83. The number of carboxylic acid groups (broad SMARTS) is 1. The van der Waals surface area contributed by atoms with Crippen LogP contribution in [0.4, 0.5) is 4.79 Å². The van der Waals surface area contributed by atoms with E-state index in [1.54, 1.807) is 24.5 Å². The van der Waals surface area contributed by atoms with Crippen LogP contribution in [0.5, 0.6) is 0 Å². The van der Waals surface area contributed by atoms with Crippen LogP contribution in [0.15, 0.2) is 67.0 Å². The summed E-state index contributed by atoms with van der Waals surface area (Å²) in [5.74, 6) is -0.772. The molecule has 0 fully saturated rings. The van der Waals surface area contributed by atoms with E-state index in [2.05, 4.69) is 25.9 Å². The van der Waals surface area contributed by atoms with Crippen LogP contribution in [0, 0.1) is 0 Å². The first-order chi connectivity index (χ1) is 17.0. The molecule has 3 aromatic rings. The first-order valence-corrected chi connectivity index (χ1v) is 11.3. The summed E-state index contributed by atoms with van der Waals surface area (Å²) in [5.41, 5.74) is 2.22. The third kappa shape index (κ3) is 8.94. The number of aromatic nitrogens is 2. The molecule has 5 N–H and O–H groups in total. The summed E-state index contributed by atoms with van der Waals surface area (Å²) in [5, 5.41) is 17.8. The number of hydrogen-bond donors (Lipinski definition) is 5. The fourth-order valence-corrected chi connectivity index (χ4v) is 3.26. The van der Waals surface area contributed by atoms with E-state index < -0.39 is 24.0 Å². The molecular formula is C25H29N5O5. The van der Waals surface area contributed by atoms with Gasteiger partial charge in [-0.05, 0) is 36.1 Å². The van der Waals surface area contributed by atoms with Gasteiger partial charge in [0.25, 0.3) is 5.91 Å². The van der Waals surface area contributed by atoms with Gasteiger partial charge < -0.3 is 30.8 Å². The molecule has 0 aliphatic carbocycles. The van der Waals surface area contributed by atoms with Crippen LogP contribution in [0.1, 0.15) is 40.2 Å². The molecule has 0 spiro atoms. The maximum Gasteiger partial charge on any atom is 0.407 e. The quantitative estimate of drug-likeness (QED) is 0.237. The Balaban J connectivity index is 1.36. The van der Waals surface area contributed by atoms with E-state index in [1.807, 2.05) is 42.5 Å². The molecule has 0 aliphatic rings. The van der Waals surface area contributed by atoms with Crippen LogP contribution in [-0.4, -0.2) is 45.6 Å². The number of ether oxygens (including phenoxy) is 1. The molecular weight excluding hydrogens is 450 g/mol. The zero-order valence-corrected chi connectivity index (χ0v) is 19.2. The number of imidazole rings is 1. The highest BCUT2D eigenvalue weighted by Crippen LogP contribution is 2.07. The smallest absolute Gasteiger partial charge is 0.407 e. The first kappa shape index (κ1) is 25.4. The van der Waals surface area contributed by atoms with E-state index in [0.29, 0.717) is 25.1 Å². The van der Waals surface area contributed by atoms with E-state index >= 15 is 0 Å². The molecule has 184 valence electrons. The fraction of sp³-hybridized carbons (Fsp3) is 0.280. The molecule has 2 aromatic carbocycles. The Morgan fingerprint density at radius 1 is 1.00 bits per heavy atom. The molecule has 3 rings (SSSR count). The average Bonchev–Trinajstić information content (AvgIpc) is 3.39. The SMILES string of the molecule is O=C(NCCC[C@H](NC(=O)c1ccc(CNCc2ncc[nH]2)cc1)C(=O)O)OCc1ccccc1.